The SMILES string of the molecule is C=C[C@@H]1OC(C)(C)O[C@@H]1[C@@H](NC(=O)c1ccccc1)C(C)C. The van der Waals surface area contributed by atoms with Gasteiger partial charge in [0.25, 0.3) is 5.91 Å². The third-order valence-electron chi connectivity index (χ3n) is 3.80. The Morgan fingerprint density at radius 2 is 1.91 bits per heavy atom. The Hall–Kier alpha value is -1.65. The van der Waals surface area contributed by atoms with Crippen LogP contribution in [0.25, 0.3) is 0 Å². The van der Waals surface area contributed by atoms with Crippen LogP contribution in [-0.2, 0) is 9.47 Å². The highest BCUT2D eigenvalue weighted by Crippen LogP contribution is 2.32. The van der Waals surface area contributed by atoms with Crippen molar-refractivity contribution < 1.29 is 14.3 Å². The molecule has 1 aromatic carbocycles. The van der Waals surface area contributed by atoms with Crippen LogP contribution in [0.4, 0.5) is 0 Å². The maximum atomic E-state index is 12.4. The summed E-state index contributed by atoms with van der Waals surface area (Å²) in [6.45, 7) is 11.7. The van der Waals surface area contributed by atoms with Crippen molar-refractivity contribution >= 4 is 5.91 Å². The fraction of sp³-hybridized carbons (Fsp3) is 0.500. The summed E-state index contributed by atoms with van der Waals surface area (Å²) in [5.74, 6) is -0.568. The van der Waals surface area contributed by atoms with Gasteiger partial charge in [0, 0.05) is 5.56 Å². The van der Waals surface area contributed by atoms with Gasteiger partial charge >= 0.3 is 0 Å². The minimum atomic E-state index is -0.672. The van der Waals surface area contributed by atoms with E-state index in [2.05, 4.69) is 25.7 Å². The van der Waals surface area contributed by atoms with E-state index in [-0.39, 0.29) is 30.1 Å². The zero-order valence-electron chi connectivity index (χ0n) is 13.7. The summed E-state index contributed by atoms with van der Waals surface area (Å²) in [5, 5.41) is 3.09. The van der Waals surface area contributed by atoms with Crippen molar-refractivity contribution in [2.24, 2.45) is 5.92 Å². The molecule has 2 rings (SSSR count). The van der Waals surface area contributed by atoms with Gasteiger partial charge in [-0.15, -0.1) is 6.58 Å². The lowest BCUT2D eigenvalue weighted by molar-refractivity contribution is -0.146. The van der Waals surface area contributed by atoms with Gasteiger partial charge in [-0.3, -0.25) is 4.79 Å². The summed E-state index contributed by atoms with van der Waals surface area (Å²) in [4.78, 5) is 12.4. The zero-order valence-corrected chi connectivity index (χ0v) is 13.7. The van der Waals surface area contributed by atoms with E-state index < -0.39 is 5.79 Å². The second-order valence-electron chi connectivity index (χ2n) is 6.41. The maximum Gasteiger partial charge on any atom is 0.251 e. The van der Waals surface area contributed by atoms with Gasteiger partial charge in [-0.25, -0.2) is 0 Å². The number of hydrogen-bond donors (Lipinski definition) is 1. The number of rotatable bonds is 5. The number of amides is 1. The summed E-state index contributed by atoms with van der Waals surface area (Å²) in [6.07, 6.45) is 1.25. The molecule has 0 bridgehead atoms. The first-order chi connectivity index (χ1) is 10.3. The smallest absolute Gasteiger partial charge is 0.251 e. The number of nitrogens with one attached hydrogen (secondary N) is 1. The Balaban J connectivity index is 2.17. The Kier molecular flexibility index (Phi) is 5.04. The molecular formula is C18H25NO3. The molecule has 3 atom stereocenters. The van der Waals surface area contributed by atoms with Crippen molar-refractivity contribution in [2.45, 2.75) is 51.7 Å². The van der Waals surface area contributed by atoms with Crippen LogP contribution in [-0.4, -0.2) is 29.9 Å². The fourth-order valence-electron chi connectivity index (χ4n) is 2.73. The summed E-state index contributed by atoms with van der Waals surface area (Å²) in [7, 11) is 0. The quantitative estimate of drug-likeness (QED) is 0.850. The first-order valence-electron chi connectivity index (χ1n) is 7.68. The number of hydrogen-bond acceptors (Lipinski definition) is 3. The average molecular weight is 303 g/mol. The van der Waals surface area contributed by atoms with Gasteiger partial charge in [0.2, 0.25) is 0 Å². The first-order valence-corrected chi connectivity index (χ1v) is 7.68. The van der Waals surface area contributed by atoms with Crippen LogP contribution in [0.5, 0.6) is 0 Å². The lowest BCUT2D eigenvalue weighted by Gasteiger charge is -2.29. The molecule has 1 aliphatic heterocycles. The monoisotopic (exact) mass is 303 g/mol. The maximum absolute atomic E-state index is 12.4. The minimum absolute atomic E-state index is 0.101. The number of carbonyl (C=O) groups is 1. The second-order valence-corrected chi connectivity index (χ2v) is 6.41. The van der Waals surface area contributed by atoms with E-state index in [9.17, 15) is 4.79 Å². The molecule has 4 heteroatoms. The molecule has 1 fully saturated rings. The molecule has 0 unspecified atom stereocenters. The topological polar surface area (TPSA) is 47.6 Å². The molecule has 0 aliphatic carbocycles. The van der Waals surface area contributed by atoms with Crippen LogP contribution in [0.2, 0.25) is 0 Å². The molecular weight excluding hydrogens is 278 g/mol. The largest absolute Gasteiger partial charge is 0.346 e. The highest BCUT2D eigenvalue weighted by Gasteiger charge is 2.45. The van der Waals surface area contributed by atoms with Gasteiger partial charge in [-0.05, 0) is 31.9 Å². The number of benzene rings is 1. The predicted molar refractivity (Wildman–Crippen MR) is 86.6 cm³/mol. The van der Waals surface area contributed by atoms with E-state index in [1.165, 1.54) is 0 Å². The molecule has 1 aromatic rings. The van der Waals surface area contributed by atoms with Gasteiger partial charge in [0.1, 0.15) is 12.2 Å². The van der Waals surface area contributed by atoms with Crippen molar-refractivity contribution in [1.82, 2.24) is 5.32 Å². The molecule has 1 saturated heterocycles. The molecule has 1 heterocycles. The molecule has 0 radical (unpaired) electrons. The lowest BCUT2D eigenvalue weighted by Crippen LogP contribution is -2.50. The summed E-state index contributed by atoms with van der Waals surface area (Å²) in [6, 6.07) is 9.04. The van der Waals surface area contributed by atoms with Gasteiger partial charge in [0.05, 0.1) is 6.04 Å². The molecule has 1 aliphatic rings. The standard InChI is InChI=1S/C18H25NO3/c1-6-14-16(22-18(4,5)21-14)15(12(2)3)19-17(20)13-10-8-7-9-11-13/h6-12,14-16H,1H2,2-5H3,(H,19,20)/t14-,15-,16-/m0/s1. The Labute approximate surface area is 132 Å². The third kappa shape index (κ3) is 3.76. The summed E-state index contributed by atoms with van der Waals surface area (Å²) < 4.78 is 11.8. The second kappa shape index (κ2) is 6.63. The van der Waals surface area contributed by atoms with Gasteiger partial charge in [-0.1, -0.05) is 38.1 Å². The van der Waals surface area contributed by atoms with Crippen molar-refractivity contribution in [1.29, 1.82) is 0 Å². The molecule has 0 spiro atoms. The molecule has 1 N–H and O–H groups in total. The highest BCUT2D eigenvalue weighted by atomic mass is 16.8. The van der Waals surface area contributed by atoms with Crippen molar-refractivity contribution in [2.75, 3.05) is 0 Å². The number of carbonyl (C=O) groups excluding carboxylic acids is 1. The van der Waals surface area contributed by atoms with Gasteiger partial charge in [-0.2, -0.15) is 0 Å². The Morgan fingerprint density at radius 1 is 1.27 bits per heavy atom. The normalized spacial score (nSPS) is 25.0. The minimum Gasteiger partial charge on any atom is -0.346 e. The van der Waals surface area contributed by atoms with Crippen LogP contribution >= 0.6 is 0 Å². The van der Waals surface area contributed by atoms with Crippen LogP contribution in [0.15, 0.2) is 43.0 Å². The number of ether oxygens (including phenoxy) is 2. The van der Waals surface area contributed by atoms with Crippen LogP contribution in [0, 0.1) is 5.92 Å². The summed E-state index contributed by atoms with van der Waals surface area (Å²) in [5.41, 5.74) is 0.640. The molecule has 4 nitrogen and oxygen atoms in total. The molecule has 1 amide bonds. The van der Waals surface area contributed by atoms with Gasteiger partial charge < -0.3 is 14.8 Å². The Bertz CT molecular complexity index is 524. The van der Waals surface area contributed by atoms with Crippen molar-refractivity contribution in [3.8, 4) is 0 Å². The van der Waals surface area contributed by atoms with E-state index in [0.717, 1.165) is 0 Å². The van der Waals surface area contributed by atoms with Crippen LogP contribution in [0.1, 0.15) is 38.1 Å². The van der Waals surface area contributed by atoms with E-state index in [1.807, 2.05) is 32.0 Å². The van der Waals surface area contributed by atoms with Crippen molar-refractivity contribution in [3.05, 3.63) is 48.6 Å². The van der Waals surface area contributed by atoms with Crippen LogP contribution < -0.4 is 5.32 Å². The molecule has 0 saturated carbocycles. The van der Waals surface area contributed by atoms with E-state index >= 15 is 0 Å². The highest BCUT2D eigenvalue weighted by molar-refractivity contribution is 5.94. The molecule has 22 heavy (non-hydrogen) atoms. The summed E-state index contributed by atoms with van der Waals surface area (Å²) >= 11 is 0. The third-order valence-corrected chi connectivity index (χ3v) is 3.80. The van der Waals surface area contributed by atoms with E-state index in [0.29, 0.717) is 5.56 Å². The average Bonchev–Trinajstić information content (AvgIpc) is 2.79. The predicted octanol–water partition coefficient (Wildman–Crippen LogP) is 3.15. The first kappa shape index (κ1) is 16.7. The molecule has 120 valence electrons. The van der Waals surface area contributed by atoms with E-state index in [4.69, 9.17) is 9.47 Å². The van der Waals surface area contributed by atoms with Crippen LogP contribution in [0.3, 0.4) is 0 Å². The lowest BCUT2D eigenvalue weighted by atomic mass is 9.94. The fourth-order valence-corrected chi connectivity index (χ4v) is 2.73. The Morgan fingerprint density at radius 3 is 2.45 bits per heavy atom. The molecule has 0 aromatic heterocycles. The van der Waals surface area contributed by atoms with Crippen molar-refractivity contribution in [3.63, 3.8) is 0 Å². The van der Waals surface area contributed by atoms with Gasteiger partial charge in [0.15, 0.2) is 5.79 Å². The zero-order chi connectivity index (χ0) is 16.3. The van der Waals surface area contributed by atoms with E-state index in [1.54, 1.807) is 18.2 Å².